The summed E-state index contributed by atoms with van der Waals surface area (Å²) >= 11 is 0. The summed E-state index contributed by atoms with van der Waals surface area (Å²) in [5.74, 6) is 0. The van der Waals surface area contributed by atoms with Gasteiger partial charge in [0, 0.05) is 13.1 Å². The van der Waals surface area contributed by atoms with Gasteiger partial charge in [0.1, 0.15) is 0 Å². The average Bonchev–Trinajstić information content (AvgIpc) is 2.22. The minimum Gasteiger partial charge on any atom is -0.310 e. The van der Waals surface area contributed by atoms with Crippen LogP contribution in [0.2, 0.25) is 0 Å². The standard InChI is InChI=1S/C6H11N.C6H5.Li/c1-3-5-7-6-4-2;1-2-4-6-5-3-1;/h3-4,7H,1-2,5-6H2;1-5H;/q;-1;+1. The van der Waals surface area contributed by atoms with Gasteiger partial charge >= 0.3 is 18.9 Å². The van der Waals surface area contributed by atoms with Crippen molar-refractivity contribution in [2.75, 3.05) is 13.1 Å². The van der Waals surface area contributed by atoms with Crippen LogP contribution in [0.4, 0.5) is 0 Å². The Morgan fingerprint density at radius 3 is 1.71 bits per heavy atom. The molecule has 0 saturated heterocycles. The number of hydrogen-bond donors (Lipinski definition) is 1. The summed E-state index contributed by atoms with van der Waals surface area (Å²) in [4.78, 5) is 0. The maximum atomic E-state index is 3.54. The normalized spacial score (nSPS) is 7.43. The second kappa shape index (κ2) is 14.8. The van der Waals surface area contributed by atoms with Gasteiger partial charge in [-0.05, 0) is 0 Å². The van der Waals surface area contributed by atoms with Crippen LogP contribution in [0.25, 0.3) is 0 Å². The Bertz CT molecular complexity index is 174. The molecule has 1 rings (SSSR count). The van der Waals surface area contributed by atoms with Crippen LogP contribution < -0.4 is 24.2 Å². The van der Waals surface area contributed by atoms with Gasteiger partial charge in [-0.15, -0.1) is 13.2 Å². The maximum absolute atomic E-state index is 3.54. The van der Waals surface area contributed by atoms with E-state index < -0.39 is 0 Å². The van der Waals surface area contributed by atoms with Crippen molar-refractivity contribution in [1.29, 1.82) is 0 Å². The molecule has 0 atom stereocenters. The summed E-state index contributed by atoms with van der Waals surface area (Å²) in [5.41, 5.74) is 0. The van der Waals surface area contributed by atoms with Crippen molar-refractivity contribution in [2.45, 2.75) is 0 Å². The molecule has 0 saturated carbocycles. The van der Waals surface area contributed by atoms with Gasteiger partial charge < -0.3 is 5.32 Å². The molecular formula is C12H16LiN. The summed E-state index contributed by atoms with van der Waals surface area (Å²) in [5, 5.41) is 3.05. The van der Waals surface area contributed by atoms with E-state index in [1.54, 1.807) is 0 Å². The minimum absolute atomic E-state index is 0. The molecule has 0 spiro atoms. The zero-order valence-electron chi connectivity index (χ0n) is 8.87. The van der Waals surface area contributed by atoms with Crippen LogP contribution in [0, 0.1) is 6.07 Å². The minimum atomic E-state index is 0. The SMILES string of the molecule is C=CCNCC=C.[Li+].[c-]1ccccc1. The fraction of sp³-hybridized carbons (Fsp3) is 0.167. The molecule has 70 valence electrons. The van der Waals surface area contributed by atoms with Gasteiger partial charge in [0.2, 0.25) is 0 Å². The van der Waals surface area contributed by atoms with Gasteiger partial charge in [0.15, 0.2) is 0 Å². The van der Waals surface area contributed by atoms with Crippen LogP contribution >= 0.6 is 0 Å². The van der Waals surface area contributed by atoms with Crippen LogP contribution in [0.1, 0.15) is 0 Å². The molecule has 0 radical (unpaired) electrons. The fourth-order valence-corrected chi connectivity index (χ4v) is 0.629. The first-order chi connectivity index (χ1) is 6.41. The van der Waals surface area contributed by atoms with E-state index >= 15 is 0 Å². The van der Waals surface area contributed by atoms with Gasteiger partial charge in [-0.25, -0.2) is 0 Å². The smallest absolute Gasteiger partial charge is 0.310 e. The van der Waals surface area contributed by atoms with E-state index in [9.17, 15) is 0 Å². The van der Waals surface area contributed by atoms with Crippen LogP contribution in [-0.2, 0) is 0 Å². The first-order valence-corrected chi connectivity index (χ1v) is 4.25. The van der Waals surface area contributed by atoms with E-state index in [2.05, 4.69) is 24.5 Å². The van der Waals surface area contributed by atoms with E-state index in [-0.39, 0.29) is 18.9 Å². The first-order valence-electron chi connectivity index (χ1n) is 4.25. The van der Waals surface area contributed by atoms with Crippen molar-refractivity contribution in [3.05, 3.63) is 61.7 Å². The maximum Gasteiger partial charge on any atom is 1.00 e. The van der Waals surface area contributed by atoms with E-state index in [1.165, 1.54) is 0 Å². The van der Waals surface area contributed by atoms with Crippen LogP contribution in [-0.4, -0.2) is 13.1 Å². The Labute approximate surface area is 99.1 Å². The number of hydrogen-bond acceptors (Lipinski definition) is 1. The van der Waals surface area contributed by atoms with Crippen molar-refractivity contribution in [2.24, 2.45) is 0 Å². The second-order valence-electron chi connectivity index (χ2n) is 2.31. The number of rotatable bonds is 4. The molecule has 0 aliphatic carbocycles. The third-order valence-corrected chi connectivity index (χ3v) is 1.18. The van der Waals surface area contributed by atoms with Crippen LogP contribution in [0.5, 0.6) is 0 Å². The van der Waals surface area contributed by atoms with Crippen molar-refractivity contribution in [3.8, 4) is 0 Å². The molecule has 0 aromatic heterocycles. The molecule has 14 heavy (non-hydrogen) atoms. The van der Waals surface area contributed by atoms with Crippen molar-refractivity contribution >= 4 is 0 Å². The van der Waals surface area contributed by atoms with E-state index in [0.717, 1.165) is 13.1 Å². The predicted octanol–water partition coefficient (Wildman–Crippen LogP) is -0.561. The molecule has 0 aliphatic heterocycles. The largest absolute Gasteiger partial charge is 1.00 e. The average molecular weight is 181 g/mol. The zero-order chi connectivity index (χ0) is 9.78. The van der Waals surface area contributed by atoms with Gasteiger partial charge in [-0.1, -0.05) is 12.2 Å². The molecule has 1 nitrogen and oxygen atoms in total. The molecule has 0 heterocycles. The quantitative estimate of drug-likeness (QED) is 0.284. The van der Waals surface area contributed by atoms with E-state index in [4.69, 9.17) is 0 Å². The Morgan fingerprint density at radius 2 is 1.50 bits per heavy atom. The Morgan fingerprint density at radius 1 is 1.00 bits per heavy atom. The first kappa shape index (κ1) is 15.7. The zero-order valence-corrected chi connectivity index (χ0v) is 8.87. The third-order valence-electron chi connectivity index (χ3n) is 1.18. The summed E-state index contributed by atoms with van der Waals surface area (Å²) in [7, 11) is 0. The molecule has 1 aromatic carbocycles. The Kier molecular flexibility index (Phi) is 16.6. The molecule has 0 fully saturated rings. The van der Waals surface area contributed by atoms with E-state index in [1.807, 2.05) is 42.5 Å². The van der Waals surface area contributed by atoms with Crippen LogP contribution in [0.3, 0.4) is 0 Å². The molecular weight excluding hydrogens is 165 g/mol. The predicted molar refractivity (Wildman–Crippen MR) is 58.5 cm³/mol. The van der Waals surface area contributed by atoms with Crippen molar-refractivity contribution < 1.29 is 18.9 Å². The molecule has 0 aliphatic rings. The topological polar surface area (TPSA) is 12.0 Å². The third kappa shape index (κ3) is 13.8. The summed E-state index contributed by atoms with van der Waals surface area (Å²) in [6.07, 6.45) is 3.65. The Balaban J connectivity index is 0. The molecule has 2 heteroatoms. The Hall–Kier alpha value is -0.743. The molecule has 1 N–H and O–H groups in total. The van der Waals surface area contributed by atoms with Gasteiger partial charge in [-0.3, -0.25) is 0 Å². The summed E-state index contributed by atoms with van der Waals surface area (Å²) < 4.78 is 0. The van der Waals surface area contributed by atoms with Gasteiger partial charge in [0.05, 0.1) is 0 Å². The van der Waals surface area contributed by atoms with Crippen molar-refractivity contribution in [1.82, 2.24) is 5.32 Å². The summed E-state index contributed by atoms with van der Waals surface area (Å²) in [6, 6.07) is 12.5. The van der Waals surface area contributed by atoms with Gasteiger partial charge in [0.25, 0.3) is 0 Å². The number of nitrogens with one attached hydrogen (secondary N) is 1. The fourth-order valence-electron chi connectivity index (χ4n) is 0.629. The summed E-state index contributed by atoms with van der Waals surface area (Å²) in [6.45, 7) is 8.81. The number of benzene rings is 1. The molecule has 0 amide bonds. The van der Waals surface area contributed by atoms with Crippen LogP contribution in [0.15, 0.2) is 55.6 Å². The van der Waals surface area contributed by atoms with Gasteiger partial charge in [-0.2, -0.15) is 36.4 Å². The monoisotopic (exact) mass is 181 g/mol. The second-order valence-corrected chi connectivity index (χ2v) is 2.31. The molecule has 0 unspecified atom stereocenters. The van der Waals surface area contributed by atoms with E-state index in [0.29, 0.717) is 0 Å². The van der Waals surface area contributed by atoms with Crippen molar-refractivity contribution in [3.63, 3.8) is 0 Å². The molecule has 1 aromatic rings. The molecule has 0 bridgehead atoms.